The van der Waals surface area contributed by atoms with E-state index < -0.39 is 5.79 Å². The summed E-state index contributed by atoms with van der Waals surface area (Å²) >= 11 is 0. The molecule has 0 aliphatic carbocycles. The van der Waals surface area contributed by atoms with Gasteiger partial charge in [0.2, 0.25) is 0 Å². The third kappa shape index (κ3) is 8.25. The van der Waals surface area contributed by atoms with Crippen LogP contribution in [0.2, 0.25) is 0 Å². The van der Waals surface area contributed by atoms with Crippen LogP contribution in [0.5, 0.6) is 0 Å². The van der Waals surface area contributed by atoms with Gasteiger partial charge in [0.25, 0.3) is 0 Å². The fraction of sp³-hybridized carbons (Fsp3) is 0.571. The van der Waals surface area contributed by atoms with Crippen LogP contribution >= 0.6 is 0 Å². The zero-order chi connectivity index (χ0) is 21.1. The van der Waals surface area contributed by atoms with Gasteiger partial charge in [-0.15, -0.1) is 0 Å². The molecule has 0 N–H and O–H groups in total. The lowest BCUT2D eigenvalue weighted by atomic mass is 10.00. The molecule has 29 heavy (non-hydrogen) atoms. The number of allylic oxidation sites excluding steroid dienone is 1. The third-order valence-electron chi connectivity index (χ3n) is 4.52. The van der Waals surface area contributed by atoms with Crippen LogP contribution in [0.3, 0.4) is 0 Å². The van der Waals surface area contributed by atoms with Crippen molar-refractivity contribution >= 4 is 5.97 Å². The van der Waals surface area contributed by atoms with E-state index in [0.29, 0.717) is 19.6 Å². The van der Waals surface area contributed by atoms with Crippen LogP contribution in [-0.2, 0) is 30.3 Å². The number of nitrogens with zero attached hydrogens (tertiary/aromatic N) is 3. The number of azide groups is 1. The van der Waals surface area contributed by atoms with Crippen LogP contribution in [0.15, 0.2) is 47.6 Å². The summed E-state index contributed by atoms with van der Waals surface area (Å²) in [4.78, 5) is 14.6. The van der Waals surface area contributed by atoms with Gasteiger partial charge in [-0.1, -0.05) is 47.6 Å². The van der Waals surface area contributed by atoms with Gasteiger partial charge in [0.05, 0.1) is 32.8 Å². The van der Waals surface area contributed by atoms with Crippen molar-refractivity contribution in [2.24, 2.45) is 11.0 Å². The second-order valence-corrected chi connectivity index (χ2v) is 7.30. The number of esters is 1. The molecule has 158 valence electrons. The van der Waals surface area contributed by atoms with Gasteiger partial charge in [0.1, 0.15) is 6.10 Å². The molecular weight excluding hydrogens is 374 g/mol. The monoisotopic (exact) mass is 403 g/mol. The van der Waals surface area contributed by atoms with Crippen LogP contribution in [-0.4, -0.2) is 44.2 Å². The summed E-state index contributed by atoms with van der Waals surface area (Å²) in [5.41, 5.74) is 9.67. The standard InChI is InChI=1S/C21H29N3O5/c1-21(2)28-18(19(29-21)14-23-24-22)10-9-16(13-20(25)26-3)11-12-27-15-17-7-5-4-6-8-17/h4-10,16,18-19H,11-15H2,1-3H3/t16-,18+,19?/m1/s1. The van der Waals surface area contributed by atoms with Gasteiger partial charge in [-0.25, -0.2) is 0 Å². The molecule has 3 atom stereocenters. The van der Waals surface area contributed by atoms with E-state index in [4.69, 9.17) is 24.5 Å². The lowest BCUT2D eigenvalue weighted by molar-refractivity contribution is -0.142. The lowest BCUT2D eigenvalue weighted by Crippen LogP contribution is -2.24. The Balaban J connectivity index is 1.93. The highest BCUT2D eigenvalue weighted by Crippen LogP contribution is 2.29. The molecule has 2 rings (SSSR count). The zero-order valence-electron chi connectivity index (χ0n) is 17.2. The fourth-order valence-electron chi connectivity index (χ4n) is 3.11. The number of methoxy groups -OCH3 is 1. The molecule has 0 spiro atoms. The third-order valence-corrected chi connectivity index (χ3v) is 4.52. The van der Waals surface area contributed by atoms with Gasteiger partial charge >= 0.3 is 5.97 Å². The minimum Gasteiger partial charge on any atom is -0.469 e. The van der Waals surface area contributed by atoms with Gasteiger partial charge in [-0.3, -0.25) is 4.79 Å². The van der Waals surface area contributed by atoms with E-state index >= 15 is 0 Å². The Kier molecular flexibility index (Phi) is 9.15. The molecule has 0 radical (unpaired) electrons. The molecule has 0 aromatic heterocycles. The maximum atomic E-state index is 11.8. The average Bonchev–Trinajstić information content (AvgIpc) is 3.01. The summed E-state index contributed by atoms with van der Waals surface area (Å²) in [5, 5.41) is 3.60. The highest BCUT2D eigenvalue weighted by Gasteiger charge is 2.39. The summed E-state index contributed by atoms with van der Waals surface area (Å²) in [6.45, 7) is 4.84. The van der Waals surface area contributed by atoms with E-state index in [1.165, 1.54) is 7.11 Å². The summed E-state index contributed by atoms with van der Waals surface area (Å²) in [7, 11) is 1.38. The number of benzene rings is 1. The molecule has 0 saturated carbocycles. The van der Waals surface area contributed by atoms with Gasteiger partial charge in [-0.05, 0) is 37.3 Å². The van der Waals surface area contributed by atoms with Crippen molar-refractivity contribution in [2.45, 2.75) is 51.3 Å². The van der Waals surface area contributed by atoms with Crippen molar-refractivity contribution in [3.05, 3.63) is 58.5 Å². The largest absolute Gasteiger partial charge is 0.469 e. The van der Waals surface area contributed by atoms with Crippen LogP contribution in [0, 0.1) is 5.92 Å². The predicted molar refractivity (Wildman–Crippen MR) is 108 cm³/mol. The van der Waals surface area contributed by atoms with E-state index in [1.807, 2.05) is 56.3 Å². The molecule has 8 nitrogen and oxygen atoms in total. The highest BCUT2D eigenvalue weighted by atomic mass is 16.7. The van der Waals surface area contributed by atoms with Crippen LogP contribution in [0.25, 0.3) is 10.4 Å². The normalized spacial score (nSPS) is 21.6. The van der Waals surface area contributed by atoms with Crippen LogP contribution in [0.1, 0.15) is 32.3 Å². The molecular formula is C21H29N3O5. The first-order valence-electron chi connectivity index (χ1n) is 9.67. The Hall–Kier alpha value is -2.38. The molecule has 1 unspecified atom stereocenters. The van der Waals surface area contributed by atoms with Crippen molar-refractivity contribution in [3.8, 4) is 0 Å². The van der Waals surface area contributed by atoms with Crippen molar-refractivity contribution in [1.82, 2.24) is 0 Å². The fourth-order valence-corrected chi connectivity index (χ4v) is 3.11. The number of ether oxygens (including phenoxy) is 4. The van der Waals surface area contributed by atoms with Gasteiger partial charge in [-0.2, -0.15) is 0 Å². The Morgan fingerprint density at radius 1 is 1.34 bits per heavy atom. The molecule has 1 saturated heterocycles. The molecule has 0 amide bonds. The van der Waals surface area contributed by atoms with Gasteiger partial charge in [0.15, 0.2) is 5.79 Å². The minimum absolute atomic E-state index is 0.0642. The number of carbonyl (C=O) groups is 1. The lowest BCUT2D eigenvalue weighted by Gasteiger charge is -2.16. The Bertz CT molecular complexity index is 716. The Morgan fingerprint density at radius 3 is 2.79 bits per heavy atom. The van der Waals surface area contributed by atoms with E-state index in [0.717, 1.165) is 5.56 Å². The molecule has 1 fully saturated rings. The minimum atomic E-state index is -0.763. The summed E-state index contributed by atoms with van der Waals surface area (Å²) in [5.74, 6) is -1.11. The second kappa shape index (κ2) is 11.6. The van der Waals surface area contributed by atoms with Crippen molar-refractivity contribution in [3.63, 3.8) is 0 Å². The molecule has 1 heterocycles. The summed E-state index contributed by atoms with van der Waals surface area (Å²) in [6, 6.07) is 9.93. The number of hydrogen-bond acceptors (Lipinski definition) is 6. The van der Waals surface area contributed by atoms with E-state index in [-0.39, 0.29) is 37.1 Å². The van der Waals surface area contributed by atoms with Crippen molar-refractivity contribution in [2.75, 3.05) is 20.3 Å². The maximum Gasteiger partial charge on any atom is 0.306 e. The molecule has 0 bridgehead atoms. The Morgan fingerprint density at radius 2 is 2.10 bits per heavy atom. The Labute approximate surface area is 171 Å². The number of rotatable bonds is 11. The number of hydrogen-bond donors (Lipinski definition) is 0. The quantitative estimate of drug-likeness (QED) is 0.138. The smallest absolute Gasteiger partial charge is 0.306 e. The average molecular weight is 403 g/mol. The van der Waals surface area contributed by atoms with Crippen LogP contribution < -0.4 is 0 Å². The summed E-state index contributed by atoms with van der Waals surface area (Å²) in [6.07, 6.45) is 3.99. The zero-order valence-corrected chi connectivity index (χ0v) is 17.2. The van der Waals surface area contributed by atoms with Crippen LogP contribution in [0.4, 0.5) is 0 Å². The van der Waals surface area contributed by atoms with Gasteiger partial charge < -0.3 is 18.9 Å². The van der Waals surface area contributed by atoms with E-state index in [1.54, 1.807) is 0 Å². The molecule has 8 heteroatoms. The topological polar surface area (TPSA) is 103 Å². The first kappa shape index (κ1) is 22.9. The van der Waals surface area contributed by atoms with E-state index in [2.05, 4.69) is 10.0 Å². The molecule has 1 aromatic rings. The van der Waals surface area contributed by atoms with Crippen molar-refractivity contribution < 1.29 is 23.7 Å². The van der Waals surface area contributed by atoms with Gasteiger partial charge in [0, 0.05) is 11.5 Å². The first-order valence-corrected chi connectivity index (χ1v) is 9.67. The summed E-state index contributed by atoms with van der Waals surface area (Å²) < 4.78 is 22.2. The van der Waals surface area contributed by atoms with Crippen molar-refractivity contribution in [1.29, 1.82) is 0 Å². The highest BCUT2D eigenvalue weighted by molar-refractivity contribution is 5.69. The number of carbonyl (C=O) groups excluding carboxylic acids is 1. The first-order chi connectivity index (χ1) is 13.9. The molecule has 1 aliphatic rings. The molecule has 1 aromatic carbocycles. The second-order valence-electron chi connectivity index (χ2n) is 7.30. The van der Waals surface area contributed by atoms with E-state index in [9.17, 15) is 4.79 Å². The molecule has 1 aliphatic heterocycles. The maximum absolute atomic E-state index is 11.8. The predicted octanol–water partition coefficient (Wildman–Crippen LogP) is 4.16. The SMILES string of the molecule is COC(=O)C[C@H](C=C[C@@H]1OC(C)(C)OC1CN=[N+]=[N-])CCOCc1ccccc1.